The van der Waals surface area contributed by atoms with Crippen molar-refractivity contribution in [3.63, 3.8) is 0 Å². The van der Waals surface area contributed by atoms with Crippen LogP contribution in [0, 0.1) is 0 Å². The molecule has 3 N–H and O–H groups in total. The van der Waals surface area contributed by atoms with E-state index in [1.165, 1.54) is 18.0 Å². The smallest absolute Gasteiger partial charge is 0.341 e. The topological polar surface area (TPSA) is 107 Å². The van der Waals surface area contributed by atoms with Gasteiger partial charge in [-0.1, -0.05) is 0 Å². The summed E-state index contributed by atoms with van der Waals surface area (Å²) in [6.07, 6.45) is 1.03. The van der Waals surface area contributed by atoms with Crippen LogP contribution < -0.4 is 5.73 Å². The molecule has 7 heteroatoms. The summed E-state index contributed by atoms with van der Waals surface area (Å²) in [5.41, 5.74) is 6.23. The lowest BCUT2D eigenvalue weighted by atomic mass is 10.1. The van der Waals surface area contributed by atoms with E-state index in [1.807, 2.05) is 0 Å². The van der Waals surface area contributed by atoms with Crippen molar-refractivity contribution in [2.45, 2.75) is 12.5 Å². The van der Waals surface area contributed by atoms with Crippen molar-refractivity contribution >= 4 is 11.9 Å². The number of hydrogen-bond acceptors (Lipinski definition) is 5. The van der Waals surface area contributed by atoms with Gasteiger partial charge in [0.15, 0.2) is 0 Å². The van der Waals surface area contributed by atoms with Crippen molar-refractivity contribution in [1.29, 1.82) is 0 Å². The van der Waals surface area contributed by atoms with Crippen LogP contribution in [-0.2, 0) is 16.6 Å². The third-order valence-electron chi connectivity index (χ3n) is 2.14. The highest BCUT2D eigenvalue weighted by Crippen LogP contribution is 2.18. The second-order valence-corrected chi connectivity index (χ2v) is 3.26. The van der Waals surface area contributed by atoms with Crippen molar-refractivity contribution < 1.29 is 19.4 Å². The maximum absolute atomic E-state index is 11.4. The number of carbonyl (C=O) groups is 2. The molecule has 0 aliphatic heterocycles. The molecule has 16 heavy (non-hydrogen) atoms. The number of nitrogens with zero attached hydrogens (tertiary/aromatic N) is 2. The fraction of sp³-hybridized carbons (Fsp3) is 0.444. The third-order valence-corrected chi connectivity index (χ3v) is 2.14. The summed E-state index contributed by atoms with van der Waals surface area (Å²) < 4.78 is 5.93. The molecule has 0 radical (unpaired) electrons. The number of nitrogens with two attached hydrogens (primary N) is 1. The average molecular weight is 227 g/mol. The Kier molecular flexibility index (Phi) is 3.62. The third kappa shape index (κ3) is 2.37. The molecule has 0 saturated heterocycles. The van der Waals surface area contributed by atoms with Crippen LogP contribution in [0.15, 0.2) is 6.20 Å². The van der Waals surface area contributed by atoms with Crippen LogP contribution in [-0.4, -0.2) is 33.9 Å². The van der Waals surface area contributed by atoms with Crippen LogP contribution in [0.5, 0.6) is 0 Å². The molecule has 0 aliphatic carbocycles. The number of carboxylic acid groups (broad SMARTS) is 1. The fourth-order valence-corrected chi connectivity index (χ4v) is 1.44. The molecule has 0 bridgehead atoms. The van der Waals surface area contributed by atoms with Crippen LogP contribution in [0.2, 0.25) is 0 Å². The van der Waals surface area contributed by atoms with Crippen LogP contribution >= 0.6 is 0 Å². The highest BCUT2D eigenvalue weighted by molar-refractivity contribution is 5.90. The zero-order valence-electron chi connectivity index (χ0n) is 9.01. The molecule has 1 aromatic heterocycles. The SMILES string of the molecule is COC(=O)c1cnn(C)c1C(N)CC(=O)O. The Labute approximate surface area is 91.8 Å². The van der Waals surface area contributed by atoms with Crippen molar-refractivity contribution in [3.8, 4) is 0 Å². The molecule has 0 amide bonds. The number of hydrogen-bond donors (Lipinski definition) is 2. The van der Waals surface area contributed by atoms with E-state index in [1.54, 1.807) is 7.05 Å². The van der Waals surface area contributed by atoms with Gasteiger partial charge in [-0.25, -0.2) is 4.79 Å². The first-order valence-electron chi connectivity index (χ1n) is 4.55. The monoisotopic (exact) mass is 227 g/mol. The zero-order chi connectivity index (χ0) is 12.3. The van der Waals surface area contributed by atoms with Crippen molar-refractivity contribution in [2.75, 3.05) is 7.11 Å². The first-order chi connectivity index (χ1) is 7.47. The summed E-state index contributed by atoms with van der Waals surface area (Å²) >= 11 is 0. The Hall–Kier alpha value is -1.89. The Morgan fingerprint density at radius 3 is 2.81 bits per heavy atom. The van der Waals surface area contributed by atoms with Gasteiger partial charge in [0, 0.05) is 7.05 Å². The highest BCUT2D eigenvalue weighted by atomic mass is 16.5. The number of methoxy groups -OCH3 is 1. The number of aryl methyl sites for hydroxylation is 1. The number of aliphatic carboxylic acids is 1. The standard InChI is InChI=1S/C9H13N3O4/c1-12-8(6(10)3-7(13)14)5(4-11-12)9(15)16-2/h4,6H,3,10H2,1-2H3,(H,13,14). The molecule has 1 aromatic rings. The highest BCUT2D eigenvalue weighted by Gasteiger charge is 2.23. The summed E-state index contributed by atoms with van der Waals surface area (Å²) in [6.45, 7) is 0. The molecule has 0 spiro atoms. The molecule has 0 aromatic carbocycles. The van der Waals surface area contributed by atoms with Gasteiger partial charge in [-0.05, 0) is 0 Å². The first-order valence-corrected chi connectivity index (χ1v) is 4.55. The Bertz CT molecular complexity index is 413. The molecule has 0 aliphatic rings. The predicted octanol–water partition coefficient (Wildman–Crippen LogP) is -0.319. The second-order valence-electron chi connectivity index (χ2n) is 3.26. The number of ether oxygens (including phenoxy) is 1. The Morgan fingerprint density at radius 2 is 2.31 bits per heavy atom. The minimum atomic E-state index is -1.04. The molecule has 0 fully saturated rings. The summed E-state index contributed by atoms with van der Waals surface area (Å²) in [7, 11) is 2.82. The van der Waals surface area contributed by atoms with E-state index in [2.05, 4.69) is 9.84 Å². The molecule has 7 nitrogen and oxygen atoms in total. The van der Waals surface area contributed by atoms with E-state index in [-0.39, 0.29) is 12.0 Å². The average Bonchev–Trinajstić information content (AvgIpc) is 2.58. The summed E-state index contributed by atoms with van der Waals surface area (Å²) in [5, 5.41) is 12.5. The van der Waals surface area contributed by atoms with Gasteiger partial charge in [0.25, 0.3) is 0 Å². The molecule has 0 saturated carbocycles. The lowest BCUT2D eigenvalue weighted by molar-refractivity contribution is -0.137. The minimum Gasteiger partial charge on any atom is -0.481 e. The van der Waals surface area contributed by atoms with Gasteiger partial charge >= 0.3 is 11.9 Å². The number of carboxylic acids is 1. The van der Waals surface area contributed by atoms with Crippen molar-refractivity contribution in [2.24, 2.45) is 12.8 Å². The first kappa shape index (κ1) is 12.2. The lowest BCUT2D eigenvalue weighted by Crippen LogP contribution is -2.21. The Balaban J connectivity index is 3.06. The summed E-state index contributed by atoms with van der Waals surface area (Å²) in [4.78, 5) is 21.9. The maximum atomic E-state index is 11.4. The molecule has 88 valence electrons. The molecule has 1 atom stereocenters. The van der Waals surface area contributed by atoms with E-state index in [9.17, 15) is 9.59 Å². The van der Waals surface area contributed by atoms with Crippen LogP contribution in [0.1, 0.15) is 28.5 Å². The van der Waals surface area contributed by atoms with E-state index >= 15 is 0 Å². The number of esters is 1. The Morgan fingerprint density at radius 1 is 1.69 bits per heavy atom. The van der Waals surface area contributed by atoms with Gasteiger partial charge in [-0.3, -0.25) is 9.48 Å². The van der Waals surface area contributed by atoms with E-state index < -0.39 is 18.0 Å². The van der Waals surface area contributed by atoms with E-state index in [4.69, 9.17) is 10.8 Å². The lowest BCUT2D eigenvalue weighted by Gasteiger charge is -2.11. The summed E-state index contributed by atoms with van der Waals surface area (Å²) in [5.74, 6) is -1.62. The number of carbonyl (C=O) groups excluding carboxylic acids is 1. The van der Waals surface area contributed by atoms with Crippen LogP contribution in [0.3, 0.4) is 0 Å². The maximum Gasteiger partial charge on any atom is 0.341 e. The normalized spacial score (nSPS) is 12.2. The van der Waals surface area contributed by atoms with Crippen LogP contribution in [0.4, 0.5) is 0 Å². The second kappa shape index (κ2) is 4.75. The zero-order valence-corrected chi connectivity index (χ0v) is 9.01. The number of aromatic nitrogens is 2. The fourth-order valence-electron chi connectivity index (χ4n) is 1.44. The molecular weight excluding hydrogens is 214 g/mol. The van der Waals surface area contributed by atoms with E-state index in [0.29, 0.717) is 5.69 Å². The molecular formula is C9H13N3O4. The van der Waals surface area contributed by atoms with E-state index in [0.717, 1.165) is 0 Å². The van der Waals surface area contributed by atoms with Gasteiger partial charge < -0.3 is 15.6 Å². The quantitative estimate of drug-likeness (QED) is 0.682. The van der Waals surface area contributed by atoms with Gasteiger partial charge in [-0.15, -0.1) is 0 Å². The predicted molar refractivity (Wildman–Crippen MR) is 53.7 cm³/mol. The van der Waals surface area contributed by atoms with Crippen molar-refractivity contribution in [3.05, 3.63) is 17.5 Å². The largest absolute Gasteiger partial charge is 0.481 e. The molecule has 1 unspecified atom stereocenters. The molecule has 1 heterocycles. The van der Waals surface area contributed by atoms with Crippen LogP contribution in [0.25, 0.3) is 0 Å². The van der Waals surface area contributed by atoms with Gasteiger partial charge in [0.2, 0.25) is 0 Å². The summed E-state index contributed by atoms with van der Waals surface area (Å²) in [6, 6.07) is -0.793. The number of rotatable bonds is 4. The molecule has 1 rings (SSSR count). The van der Waals surface area contributed by atoms with Gasteiger partial charge in [0.1, 0.15) is 5.56 Å². The van der Waals surface area contributed by atoms with Crippen molar-refractivity contribution in [1.82, 2.24) is 9.78 Å². The van der Waals surface area contributed by atoms with Gasteiger partial charge in [-0.2, -0.15) is 5.10 Å². The van der Waals surface area contributed by atoms with Gasteiger partial charge in [0.05, 0.1) is 31.5 Å². The minimum absolute atomic E-state index is 0.193.